The van der Waals surface area contributed by atoms with Gasteiger partial charge in [-0.2, -0.15) is 28.1 Å². The van der Waals surface area contributed by atoms with Crippen LogP contribution < -0.4 is 11.1 Å². The maximum absolute atomic E-state index is 12.7. The Morgan fingerprint density at radius 3 is 2.67 bits per heavy atom. The van der Waals surface area contributed by atoms with Crippen LogP contribution in [0.3, 0.4) is 0 Å². The normalized spacial score (nSPS) is 13.2. The molecule has 1 atom stereocenters. The topological polar surface area (TPSA) is 76.7 Å². The minimum atomic E-state index is -4.69. The number of nitrogens with one attached hydrogen (secondary N) is 1. The molecule has 3 rings (SSSR count). The molecule has 0 amide bonds. The van der Waals surface area contributed by atoms with Crippen molar-refractivity contribution < 1.29 is 13.2 Å². The van der Waals surface area contributed by atoms with Gasteiger partial charge in [0.2, 0.25) is 17.7 Å². The number of rotatable bonds is 3. The van der Waals surface area contributed by atoms with Gasteiger partial charge in [-0.3, -0.25) is 0 Å². The van der Waals surface area contributed by atoms with E-state index in [0.717, 1.165) is 15.0 Å². The number of hydrogen-bond acceptors (Lipinski definition) is 6. The summed E-state index contributed by atoms with van der Waals surface area (Å²) in [5.74, 6) is -2.05. The summed E-state index contributed by atoms with van der Waals surface area (Å²) in [6.45, 7) is 1.78. The lowest BCUT2D eigenvalue weighted by molar-refractivity contribution is -0.144. The Bertz CT molecular complexity index is 896. The fraction of sp³-hybridized carbons (Fsp3) is 0.214. The molecule has 0 spiro atoms. The van der Waals surface area contributed by atoms with E-state index in [0.29, 0.717) is 5.02 Å². The van der Waals surface area contributed by atoms with E-state index in [9.17, 15) is 13.2 Å². The second-order valence-electron chi connectivity index (χ2n) is 5.01. The fourth-order valence-electron chi connectivity index (χ4n) is 2.11. The van der Waals surface area contributed by atoms with Crippen LogP contribution in [0.5, 0.6) is 0 Å². The van der Waals surface area contributed by atoms with Crippen molar-refractivity contribution in [2.24, 2.45) is 0 Å². The Hall–Kier alpha value is -2.13. The molecule has 0 bridgehead atoms. The molecule has 24 heavy (non-hydrogen) atoms. The van der Waals surface area contributed by atoms with Crippen molar-refractivity contribution in [3.8, 4) is 0 Å². The molecular formula is C14H11ClF3N5S. The van der Waals surface area contributed by atoms with E-state index in [-0.39, 0.29) is 12.0 Å². The van der Waals surface area contributed by atoms with Gasteiger partial charge in [0.15, 0.2) is 0 Å². The van der Waals surface area contributed by atoms with E-state index in [1.54, 1.807) is 13.0 Å². The summed E-state index contributed by atoms with van der Waals surface area (Å²) in [4.78, 5) is 11.1. The third kappa shape index (κ3) is 3.36. The summed E-state index contributed by atoms with van der Waals surface area (Å²) in [5.41, 5.74) is 5.33. The van der Waals surface area contributed by atoms with Gasteiger partial charge in [0.25, 0.3) is 0 Å². The number of thiophene rings is 1. The van der Waals surface area contributed by atoms with Crippen molar-refractivity contribution in [2.75, 3.05) is 11.1 Å². The first-order valence-corrected chi connectivity index (χ1v) is 7.97. The van der Waals surface area contributed by atoms with Crippen LogP contribution in [0.15, 0.2) is 24.3 Å². The molecule has 2 aromatic heterocycles. The quantitative estimate of drug-likeness (QED) is 0.706. The van der Waals surface area contributed by atoms with Gasteiger partial charge < -0.3 is 11.1 Å². The van der Waals surface area contributed by atoms with E-state index < -0.39 is 17.9 Å². The molecule has 0 aliphatic carbocycles. The smallest absolute Gasteiger partial charge is 0.368 e. The minimum absolute atomic E-state index is 0.231. The number of benzene rings is 1. The van der Waals surface area contributed by atoms with Crippen LogP contribution in [-0.2, 0) is 6.18 Å². The van der Waals surface area contributed by atoms with E-state index in [2.05, 4.69) is 20.3 Å². The highest BCUT2D eigenvalue weighted by Crippen LogP contribution is 2.35. The molecule has 3 N–H and O–H groups in total. The Kier molecular flexibility index (Phi) is 4.22. The maximum Gasteiger partial charge on any atom is 0.451 e. The SMILES string of the molecule is CC(Nc1nc(N)nc(C(F)(F)F)n1)c1cc2cccc(Cl)c2s1. The van der Waals surface area contributed by atoms with Crippen LogP contribution in [0, 0.1) is 0 Å². The van der Waals surface area contributed by atoms with Crippen LogP contribution in [-0.4, -0.2) is 15.0 Å². The average molecular weight is 374 g/mol. The van der Waals surface area contributed by atoms with Crippen LogP contribution >= 0.6 is 22.9 Å². The zero-order valence-electron chi connectivity index (χ0n) is 12.2. The Morgan fingerprint density at radius 2 is 2.00 bits per heavy atom. The minimum Gasteiger partial charge on any atom is -0.368 e. The van der Waals surface area contributed by atoms with Crippen molar-refractivity contribution in [1.29, 1.82) is 0 Å². The molecule has 1 unspecified atom stereocenters. The van der Waals surface area contributed by atoms with Crippen molar-refractivity contribution in [2.45, 2.75) is 19.1 Å². The molecule has 0 saturated heterocycles. The largest absolute Gasteiger partial charge is 0.451 e. The van der Waals surface area contributed by atoms with Gasteiger partial charge in [-0.15, -0.1) is 11.3 Å². The summed E-state index contributed by atoms with van der Waals surface area (Å²) in [5, 5.41) is 4.40. The van der Waals surface area contributed by atoms with E-state index in [1.807, 2.05) is 18.2 Å². The van der Waals surface area contributed by atoms with Crippen molar-refractivity contribution >= 4 is 44.9 Å². The lowest BCUT2D eigenvalue weighted by Gasteiger charge is -2.13. The highest BCUT2D eigenvalue weighted by Gasteiger charge is 2.35. The number of nitrogen functional groups attached to an aromatic ring is 1. The molecule has 0 saturated carbocycles. The van der Waals surface area contributed by atoms with Gasteiger partial charge in [0.05, 0.1) is 15.8 Å². The van der Waals surface area contributed by atoms with Crippen LogP contribution in [0.25, 0.3) is 10.1 Å². The standard InChI is InChI=1S/C14H11ClF3N5S/c1-6(9-5-7-3-2-4-8(15)10(7)24-9)20-13-22-11(14(16,17)18)21-12(19)23-13/h2-6H,1H3,(H3,19,20,21,22,23). The summed E-state index contributed by atoms with van der Waals surface area (Å²) < 4.78 is 39.1. The molecule has 0 aliphatic heterocycles. The zero-order valence-corrected chi connectivity index (χ0v) is 13.8. The molecule has 126 valence electrons. The Morgan fingerprint density at radius 1 is 1.25 bits per heavy atom. The number of halogens is 4. The number of aromatic nitrogens is 3. The molecule has 0 fully saturated rings. The van der Waals surface area contributed by atoms with Gasteiger partial charge in [-0.05, 0) is 24.4 Å². The number of fused-ring (bicyclic) bond motifs is 1. The summed E-state index contributed by atoms with van der Waals surface area (Å²) in [7, 11) is 0. The molecule has 3 aromatic rings. The van der Waals surface area contributed by atoms with E-state index in [1.165, 1.54) is 11.3 Å². The highest BCUT2D eigenvalue weighted by molar-refractivity contribution is 7.19. The summed E-state index contributed by atoms with van der Waals surface area (Å²) >= 11 is 7.59. The van der Waals surface area contributed by atoms with Crippen LogP contribution in [0.4, 0.5) is 25.1 Å². The second kappa shape index (κ2) is 6.06. The van der Waals surface area contributed by atoms with Crippen molar-refractivity contribution in [1.82, 2.24) is 15.0 Å². The highest BCUT2D eigenvalue weighted by atomic mass is 35.5. The first-order valence-electron chi connectivity index (χ1n) is 6.77. The van der Waals surface area contributed by atoms with E-state index in [4.69, 9.17) is 17.3 Å². The third-order valence-electron chi connectivity index (χ3n) is 3.19. The van der Waals surface area contributed by atoms with E-state index >= 15 is 0 Å². The lowest BCUT2D eigenvalue weighted by Crippen LogP contribution is -2.17. The molecule has 5 nitrogen and oxygen atoms in total. The number of nitrogens with two attached hydrogens (primary N) is 1. The summed E-state index contributed by atoms with van der Waals surface area (Å²) in [6.07, 6.45) is -4.69. The maximum atomic E-state index is 12.7. The zero-order chi connectivity index (χ0) is 17.5. The number of nitrogens with zero attached hydrogens (tertiary/aromatic N) is 3. The van der Waals surface area contributed by atoms with Crippen molar-refractivity contribution in [3.63, 3.8) is 0 Å². The van der Waals surface area contributed by atoms with Crippen molar-refractivity contribution in [3.05, 3.63) is 40.0 Å². The third-order valence-corrected chi connectivity index (χ3v) is 4.99. The van der Waals surface area contributed by atoms with Crippen LogP contribution in [0.1, 0.15) is 23.7 Å². The summed E-state index contributed by atoms with van der Waals surface area (Å²) in [6, 6.07) is 7.11. The van der Waals surface area contributed by atoms with Gasteiger partial charge in [0, 0.05) is 4.88 Å². The Balaban J connectivity index is 1.90. The van der Waals surface area contributed by atoms with Gasteiger partial charge in [0.1, 0.15) is 0 Å². The van der Waals surface area contributed by atoms with Gasteiger partial charge in [-0.25, -0.2) is 0 Å². The first kappa shape index (κ1) is 16.7. The molecule has 0 radical (unpaired) electrons. The fourth-order valence-corrected chi connectivity index (χ4v) is 3.47. The van der Waals surface area contributed by atoms with Gasteiger partial charge in [-0.1, -0.05) is 23.7 Å². The molecule has 2 heterocycles. The predicted octanol–water partition coefficient (Wildman–Crippen LogP) is 4.51. The molecular weight excluding hydrogens is 363 g/mol. The van der Waals surface area contributed by atoms with Crippen LogP contribution in [0.2, 0.25) is 5.02 Å². The predicted molar refractivity (Wildman–Crippen MR) is 88.1 cm³/mol. The molecule has 1 aromatic carbocycles. The first-order chi connectivity index (χ1) is 11.2. The molecule has 10 heteroatoms. The molecule has 0 aliphatic rings. The Labute approximate surface area is 143 Å². The van der Waals surface area contributed by atoms with Gasteiger partial charge >= 0.3 is 6.18 Å². The second-order valence-corrected chi connectivity index (χ2v) is 6.50. The monoisotopic (exact) mass is 373 g/mol. The lowest BCUT2D eigenvalue weighted by atomic mass is 10.2. The number of hydrogen-bond donors (Lipinski definition) is 2. The average Bonchev–Trinajstić information content (AvgIpc) is 2.91. The number of alkyl halides is 3. The number of anilines is 2.